The Labute approximate surface area is 107 Å². The zero-order valence-electron chi connectivity index (χ0n) is 10.1. The number of carbonyl (C=O) groups excluding carboxylic acids is 1. The lowest BCUT2D eigenvalue weighted by molar-refractivity contribution is -0.124. The Morgan fingerprint density at radius 3 is 2.94 bits per heavy atom. The summed E-state index contributed by atoms with van der Waals surface area (Å²) in [4.78, 5) is 12.8. The molecule has 17 heavy (non-hydrogen) atoms. The maximum atomic E-state index is 11.8. The molecule has 1 fully saturated rings. The molecule has 2 nitrogen and oxygen atoms in total. The minimum Gasteiger partial charge on any atom is -0.351 e. The molecule has 0 unspecified atom stereocenters. The highest BCUT2D eigenvalue weighted by Crippen LogP contribution is 2.54. The van der Waals surface area contributed by atoms with Crippen LogP contribution in [0.1, 0.15) is 32.1 Å². The lowest BCUT2D eigenvalue weighted by Crippen LogP contribution is -2.40. The third-order valence-electron chi connectivity index (χ3n) is 3.58. The molecular weight excluding hydrogens is 230 g/mol. The summed E-state index contributed by atoms with van der Waals surface area (Å²) in [7, 11) is 0. The van der Waals surface area contributed by atoms with Gasteiger partial charge in [0, 0.05) is 17.9 Å². The zero-order valence-corrected chi connectivity index (χ0v) is 10.9. The summed E-state index contributed by atoms with van der Waals surface area (Å²) in [5, 5.41) is 4.67. The first-order valence-corrected chi connectivity index (χ1v) is 6.91. The van der Waals surface area contributed by atoms with Gasteiger partial charge in [-0.25, -0.2) is 0 Å². The number of nitrogens with one attached hydrogen (secondary N) is 1. The molecule has 1 saturated carbocycles. The number of hydrogen-bond acceptors (Lipinski definition) is 2. The Bertz CT molecular complexity index is 376. The average Bonchev–Trinajstić information content (AvgIpc) is 2.26. The van der Waals surface area contributed by atoms with Crippen LogP contribution in [0, 0.1) is 5.41 Å². The molecule has 0 spiro atoms. The molecule has 3 heteroatoms. The van der Waals surface area contributed by atoms with Gasteiger partial charge < -0.3 is 5.32 Å². The van der Waals surface area contributed by atoms with E-state index in [1.54, 1.807) is 11.0 Å². The molecule has 3 aliphatic carbocycles. The number of rotatable bonds is 6. The molecule has 2 bridgehead atoms. The second kappa shape index (κ2) is 5.13. The third-order valence-corrected chi connectivity index (χ3v) is 4.22. The van der Waals surface area contributed by atoms with E-state index in [4.69, 9.17) is 0 Å². The van der Waals surface area contributed by atoms with E-state index in [0.29, 0.717) is 18.4 Å². The van der Waals surface area contributed by atoms with Crippen molar-refractivity contribution in [3.05, 3.63) is 35.1 Å². The summed E-state index contributed by atoms with van der Waals surface area (Å²) >= 11 is 1.47. The molecule has 0 atom stereocenters. The molecule has 0 aromatic carbocycles. The normalized spacial score (nSPS) is 19.9. The maximum absolute atomic E-state index is 11.8. The molecule has 92 valence electrons. The van der Waals surface area contributed by atoms with E-state index in [-0.39, 0.29) is 5.91 Å². The van der Waals surface area contributed by atoms with Crippen LogP contribution in [-0.4, -0.2) is 12.5 Å². The first-order chi connectivity index (χ1) is 8.13. The molecule has 0 aliphatic heterocycles. The molecular formula is C14H19NOS. The zero-order chi connectivity index (χ0) is 12.3. The van der Waals surface area contributed by atoms with Crippen LogP contribution >= 0.6 is 11.8 Å². The van der Waals surface area contributed by atoms with Crippen molar-refractivity contribution >= 4 is 17.7 Å². The molecule has 1 N–H and O–H groups in total. The van der Waals surface area contributed by atoms with Crippen molar-refractivity contribution in [1.29, 1.82) is 0 Å². The average molecular weight is 249 g/mol. The van der Waals surface area contributed by atoms with Crippen LogP contribution in [0.4, 0.5) is 0 Å². The van der Waals surface area contributed by atoms with E-state index in [1.807, 2.05) is 0 Å². The van der Waals surface area contributed by atoms with E-state index in [0.717, 1.165) is 24.2 Å². The van der Waals surface area contributed by atoms with E-state index in [2.05, 4.69) is 24.6 Å². The summed E-state index contributed by atoms with van der Waals surface area (Å²) in [6.45, 7) is 8.03. The molecule has 1 amide bonds. The molecule has 0 radical (unpaired) electrons. The highest BCUT2D eigenvalue weighted by molar-refractivity contribution is 8.05. The van der Waals surface area contributed by atoms with Crippen molar-refractivity contribution in [3.63, 3.8) is 0 Å². The van der Waals surface area contributed by atoms with Crippen molar-refractivity contribution in [2.24, 2.45) is 5.41 Å². The Balaban J connectivity index is 1.73. The highest BCUT2D eigenvalue weighted by atomic mass is 32.2. The predicted octanol–water partition coefficient (Wildman–Crippen LogP) is 3.38. The molecule has 3 rings (SSSR count). The molecule has 0 saturated heterocycles. The van der Waals surface area contributed by atoms with Crippen molar-refractivity contribution in [1.82, 2.24) is 5.32 Å². The number of allylic oxidation sites excluding steroid dienone is 2. The van der Waals surface area contributed by atoms with Gasteiger partial charge in [-0.3, -0.25) is 4.79 Å². The van der Waals surface area contributed by atoms with Gasteiger partial charge in [0.2, 0.25) is 5.91 Å². The van der Waals surface area contributed by atoms with E-state index in [9.17, 15) is 4.79 Å². The fourth-order valence-corrected chi connectivity index (χ4v) is 3.18. The van der Waals surface area contributed by atoms with E-state index < -0.39 is 0 Å². The second-order valence-corrected chi connectivity index (χ2v) is 6.18. The second-order valence-electron chi connectivity index (χ2n) is 5.03. The van der Waals surface area contributed by atoms with Gasteiger partial charge in [-0.2, -0.15) is 0 Å². The van der Waals surface area contributed by atoms with Gasteiger partial charge in [0.1, 0.15) is 0 Å². The Kier molecular flexibility index (Phi) is 3.77. The SMILES string of the molecule is C=CSC(=C)CNC(=O)CC12CCC=C(C1)C2. The van der Waals surface area contributed by atoms with Gasteiger partial charge in [-0.05, 0) is 36.5 Å². The number of amides is 1. The minimum absolute atomic E-state index is 0.164. The van der Waals surface area contributed by atoms with Crippen LogP contribution < -0.4 is 5.32 Å². The van der Waals surface area contributed by atoms with Crippen molar-refractivity contribution in [3.8, 4) is 0 Å². The summed E-state index contributed by atoms with van der Waals surface area (Å²) in [5.74, 6) is 0.164. The van der Waals surface area contributed by atoms with Crippen molar-refractivity contribution < 1.29 is 4.79 Å². The van der Waals surface area contributed by atoms with Crippen molar-refractivity contribution in [2.75, 3.05) is 6.54 Å². The van der Waals surface area contributed by atoms with Gasteiger partial charge in [0.25, 0.3) is 0 Å². The minimum atomic E-state index is 0.164. The highest BCUT2D eigenvalue weighted by Gasteiger charge is 2.43. The first kappa shape index (κ1) is 12.5. The van der Waals surface area contributed by atoms with Crippen LogP contribution in [0.2, 0.25) is 0 Å². The van der Waals surface area contributed by atoms with Crippen LogP contribution in [0.25, 0.3) is 0 Å². The maximum Gasteiger partial charge on any atom is 0.220 e. The van der Waals surface area contributed by atoms with Gasteiger partial charge in [-0.1, -0.05) is 24.8 Å². The topological polar surface area (TPSA) is 29.1 Å². The molecule has 0 aromatic rings. The standard InChI is InChI=1S/C14H19NOS/c1-3-17-11(2)10-15-13(16)9-14-6-4-5-12(7-14)8-14/h3,5H,1-2,4,6-10H2,(H,15,16). The van der Waals surface area contributed by atoms with Crippen LogP contribution in [0.3, 0.4) is 0 Å². The predicted molar refractivity (Wildman–Crippen MR) is 73.5 cm³/mol. The lowest BCUT2D eigenvalue weighted by Gasteiger charge is -2.47. The Hall–Kier alpha value is -0.960. The Morgan fingerprint density at radius 2 is 2.35 bits per heavy atom. The van der Waals surface area contributed by atoms with Gasteiger partial charge in [0.05, 0.1) is 0 Å². The number of hydrogen-bond donors (Lipinski definition) is 1. The molecule has 0 heterocycles. The van der Waals surface area contributed by atoms with Gasteiger partial charge >= 0.3 is 0 Å². The fraction of sp³-hybridized carbons (Fsp3) is 0.500. The monoisotopic (exact) mass is 249 g/mol. The summed E-state index contributed by atoms with van der Waals surface area (Å²) in [5.41, 5.74) is 1.84. The number of carbonyl (C=O) groups is 1. The third kappa shape index (κ3) is 3.03. The van der Waals surface area contributed by atoms with Crippen molar-refractivity contribution in [2.45, 2.75) is 32.1 Å². The largest absolute Gasteiger partial charge is 0.351 e. The Morgan fingerprint density at radius 1 is 1.59 bits per heavy atom. The summed E-state index contributed by atoms with van der Waals surface area (Å²) in [6.07, 6.45) is 7.62. The molecule has 0 aromatic heterocycles. The van der Waals surface area contributed by atoms with Crippen LogP contribution in [0.5, 0.6) is 0 Å². The first-order valence-electron chi connectivity index (χ1n) is 6.03. The van der Waals surface area contributed by atoms with Gasteiger partial charge in [0.15, 0.2) is 0 Å². The van der Waals surface area contributed by atoms with E-state index in [1.165, 1.54) is 18.2 Å². The quantitative estimate of drug-likeness (QED) is 0.731. The number of fused-ring (bicyclic) bond motifs is 2. The lowest BCUT2D eigenvalue weighted by atomic mass is 9.58. The molecule has 3 aliphatic rings. The number of thioether (sulfide) groups is 1. The fourth-order valence-electron chi connectivity index (χ4n) is 2.79. The van der Waals surface area contributed by atoms with Crippen LogP contribution in [-0.2, 0) is 4.79 Å². The smallest absolute Gasteiger partial charge is 0.220 e. The van der Waals surface area contributed by atoms with E-state index >= 15 is 0 Å². The summed E-state index contributed by atoms with van der Waals surface area (Å²) in [6, 6.07) is 0. The van der Waals surface area contributed by atoms with Crippen LogP contribution in [0.15, 0.2) is 35.1 Å². The van der Waals surface area contributed by atoms with Gasteiger partial charge in [-0.15, -0.1) is 11.8 Å². The summed E-state index contributed by atoms with van der Waals surface area (Å²) < 4.78 is 0.